The average Bonchev–Trinajstić information content (AvgIpc) is 3.31. The molecule has 0 radical (unpaired) electrons. The highest BCUT2D eigenvalue weighted by atomic mass is 16.5. The van der Waals surface area contributed by atoms with Crippen molar-refractivity contribution in [1.29, 1.82) is 0 Å². The molecular weight excluding hydrogens is 362 g/mol. The number of hydrogen-bond acceptors (Lipinski definition) is 5. The molecule has 1 aromatic rings. The summed E-state index contributed by atoms with van der Waals surface area (Å²) < 4.78 is 10.8. The zero-order valence-electron chi connectivity index (χ0n) is 15.7. The summed E-state index contributed by atoms with van der Waals surface area (Å²) in [6.45, 7) is 2.51. The van der Waals surface area contributed by atoms with Crippen LogP contribution in [0.15, 0.2) is 30.3 Å². The summed E-state index contributed by atoms with van der Waals surface area (Å²) in [7, 11) is 0. The Labute approximate surface area is 163 Å². The second-order valence-corrected chi connectivity index (χ2v) is 7.37. The summed E-state index contributed by atoms with van der Waals surface area (Å²) in [5.41, 5.74) is 0.952. The van der Waals surface area contributed by atoms with Crippen LogP contribution in [0.2, 0.25) is 0 Å². The fourth-order valence-electron chi connectivity index (χ4n) is 4.10. The first-order valence-corrected chi connectivity index (χ1v) is 9.75. The lowest BCUT2D eigenvalue weighted by Crippen LogP contribution is -2.56. The molecule has 3 aliphatic rings. The third kappa shape index (κ3) is 3.88. The minimum atomic E-state index is -0.732. The van der Waals surface area contributed by atoms with Gasteiger partial charge in [-0.05, 0) is 12.0 Å². The number of carbonyl (C=O) groups is 3. The third-order valence-corrected chi connectivity index (χ3v) is 5.57. The van der Waals surface area contributed by atoms with E-state index in [0.29, 0.717) is 45.7 Å². The van der Waals surface area contributed by atoms with E-state index in [0.717, 1.165) is 5.56 Å². The number of benzene rings is 1. The van der Waals surface area contributed by atoms with Gasteiger partial charge in [0.15, 0.2) is 5.78 Å². The molecule has 3 aliphatic heterocycles. The standard InChI is InChI=1S/C20H25N3O5/c24-16-13-28-17-6-7-23(18(16)17)19(25)15(12-14-4-2-1-3-5-14)21-20(26)22-8-10-27-11-9-22/h1-5,15,17-18H,6-13H2,(H,21,26)/t15-,17?,18?/m0/s1. The Morgan fingerprint density at radius 3 is 2.64 bits per heavy atom. The first-order chi connectivity index (χ1) is 13.6. The van der Waals surface area contributed by atoms with Gasteiger partial charge in [0.2, 0.25) is 5.91 Å². The Morgan fingerprint density at radius 2 is 1.89 bits per heavy atom. The van der Waals surface area contributed by atoms with E-state index in [9.17, 15) is 14.4 Å². The Kier molecular flexibility index (Phi) is 5.59. The van der Waals surface area contributed by atoms with Crippen LogP contribution in [0.5, 0.6) is 0 Å². The van der Waals surface area contributed by atoms with Crippen molar-refractivity contribution in [2.75, 3.05) is 39.5 Å². The van der Waals surface area contributed by atoms with Crippen molar-refractivity contribution in [3.8, 4) is 0 Å². The van der Waals surface area contributed by atoms with Crippen molar-refractivity contribution >= 4 is 17.7 Å². The van der Waals surface area contributed by atoms with Crippen LogP contribution in [0.25, 0.3) is 0 Å². The minimum Gasteiger partial charge on any atom is -0.378 e. The van der Waals surface area contributed by atoms with Crippen molar-refractivity contribution in [3.05, 3.63) is 35.9 Å². The first kappa shape index (κ1) is 18.9. The number of nitrogens with one attached hydrogen (secondary N) is 1. The first-order valence-electron chi connectivity index (χ1n) is 9.75. The molecule has 3 saturated heterocycles. The number of ether oxygens (including phenoxy) is 2. The topological polar surface area (TPSA) is 88.2 Å². The van der Waals surface area contributed by atoms with Gasteiger partial charge in [-0.2, -0.15) is 0 Å². The number of morpholine rings is 1. The van der Waals surface area contributed by atoms with Crippen LogP contribution in [-0.2, 0) is 25.5 Å². The molecule has 0 aromatic heterocycles. The zero-order valence-corrected chi connectivity index (χ0v) is 15.7. The van der Waals surface area contributed by atoms with E-state index < -0.39 is 12.1 Å². The number of rotatable bonds is 4. The van der Waals surface area contributed by atoms with Gasteiger partial charge in [-0.15, -0.1) is 0 Å². The lowest BCUT2D eigenvalue weighted by molar-refractivity contribution is -0.138. The molecular formula is C20H25N3O5. The highest BCUT2D eigenvalue weighted by molar-refractivity contribution is 5.95. The summed E-state index contributed by atoms with van der Waals surface area (Å²) in [6, 6.07) is 8.04. The van der Waals surface area contributed by atoms with Crippen molar-refractivity contribution < 1.29 is 23.9 Å². The van der Waals surface area contributed by atoms with Crippen LogP contribution in [-0.4, -0.2) is 85.2 Å². The van der Waals surface area contributed by atoms with Gasteiger partial charge in [0.05, 0.1) is 19.3 Å². The second kappa shape index (κ2) is 8.28. The molecule has 0 saturated carbocycles. The predicted molar refractivity (Wildman–Crippen MR) is 99.7 cm³/mol. The van der Waals surface area contributed by atoms with E-state index in [1.165, 1.54) is 0 Å². The molecule has 1 N–H and O–H groups in total. The van der Waals surface area contributed by atoms with E-state index in [-0.39, 0.29) is 30.4 Å². The number of likely N-dealkylation sites (tertiary alicyclic amines) is 1. The second-order valence-electron chi connectivity index (χ2n) is 7.37. The fraction of sp³-hybridized carbons (Fsp3) is 0.550. The van der Waals surface area contributed by atoms with Gasteiger partial charge in [-0.3, -0.25) is 9.59 Å². The van der Waals surface area contributed by atoms with E-state index in [1.54, 1.807) is 9.80 Å². The lowest BCUT2D eigenvalue weighted by atomic mass is 10.0. The predicted octanol–water partition coefficient (Wildman–Crippen LogP) is 0.208. The Bertz CT molecular complexity index is 735. The molecule has 0 spiro atoms. The molecule has 3 amide bonds. The highest BCUT2D eigenvalue weighted by Crippen LogP contribution is 2.27. The highest BCUT2D eigenvalue weighted by Gasteiger charge is 2.48. The lowest BCUT2D eigenvalue weighted by Gasteiger charge is -2.31. The molecule has 4 rings (SSSR count). The van der Waals surface area contributed by atoms with Crippen molar-refractivity contribution in [2.24, 2.45) is 0 Å². The van der Waals surface area contributed by atoms with Crippen LogP contribution in [0.3, 0.4) is 0 Å². The molecule has 0 aliphatic carbocycles. The molecule has 8 nitrogen and oxygen atoms in total. The van der Waals surface area contributed by atoms with Crippen molar-refractivity contribution in [3.63, 3.8) is 0 Å². The number of amides is 3. The van der Waals surface area contributed by atoms with Crippen LogP contribution in [0, 0.1) is 0 Å². The van der Waals surface area contributed by atoms with Gasteiger partial charge in [0.1, 0.15) is 18.7 Å². The third-order valence-electron chi connectivity index (χ3n) is 5.57. The van der Waals surface area contributed by atoms with Gasteiger partial charge in [0, 0.05) is 26.1 Å². The maximum absolute atomic E-state index is 13.3. The maximum Gasteiger partial charge on any atom is 0.318 e. The van der Waals surface area contributed by atoms with Gasteiger partial charge < -0.3 is 24.6 Å². The number of carbonyl (C=O) groups excluding carboxylic acids is 3. The van der Waals surface area contributed by atoms with Crippen LogP contribution < -0.4 is 5.32 Å². The van der Waals surface area contributed by atoms with Crippen molar-refractivity contribution in [2.45, 2.75) is 31.0 Å². The van der Waals surface area contributed by atoms with Crippen molar-refractivity contribution in [1.82, 2.24) is 15.1 Å². The molecule has 150 valence electrons. The number of nitrogens with zero attached hydrogens (tertiary/aromatic N) is 2. The number of urea groups is 1. The summed E-state index contributed by atoms with van der Waals surface area (Å²) >= 11 is 0. The van der Waals surface area contributed by atoms with Gasteiger partial charge in [0.25, 0.3) is 0 Å². The minimum absolute atomic E-state index is 0.0581. The Balaban J connectivity index is 1.51. The quantitative estimate of drug-likeness (QED) is 0.798. The van der Waals surface area contributed by atoms with Crippen LogP contribution in [0.4, 0.5) is 4.79 Å². The smallest absolute Gasteiger partial charge is 0.318 e. The van der Waals surface area contributed by atoms with Crippen LogP contribution >= 0.6 is 0 Å². The molecule has 3 atom stereocenters. The largest absolute Gasteiger partial charge is 0.378 e. The molecule has 3 heterocycles. The average molecular weight is 387 g/mol. The summed E-state index contributed by atoms with van der Waals surface area (Å²) in [4.78, 5) is 41.5. The summed E-state index contributed by atoms with van der Waals surface area (Å²) in [5, 5.41) is 2.89. The number of fused-ring (bicyclic) bond motifs is 1. The summed E-state index contributed by atoms with van der Waals surface area (Å²) in [5.74, 6) is -0.286. The molecule has 0 bridgehead atoms. The van der Waals surface area contributed by atoms with Gasteiger partial charge >= 0.3 is 6.03 Å². The Morgan fingerprint density at radius 1 is 1.14 bits per heavy atom. The Hall–Kier alpha value is -2.45. The number of ketones is 1. The van der Waals surface area contributed by atoms with Gasteiger partial charge in [-0.25, -0.2) is 4.79 Å². The number of Topliss-reactive ketones (excluding diaryl/α,β-unsaturated/α-hetero) is 1. The summed E-state index contributed by atoms with van der Waals surface area (Å²) in [6.07, 6.45) is 0.805. The van der Waals surface area contributed by atoms with E-state index >= 15 is 0 Å². The fourth-order valence-corrected chi connectivity index (χ4v) is 4.10. The normalized spacial score (nSPS) is 25.5. The SMILES string of the molecule is O=C1COC2CCN(C(=O)[C@H](Cc3ccccc3)NC(=O)N3CCOCC3)C12. The van der Waals surface area contributed by atoms with Gasteiger partial charge in [-0.1, -0.05) is 30.3 Å². The molecule has 2 unspecified atom stereocenters. The molecule has 1 aromatic carbocycles. The molecule has 28 heavy (non-hydrogen) atoms. The monoisotopic (exact) mass is 387 g/mol. The number of hydrogen-bond donors (Lipinski definition) is 1. The van der Waals surface area contributed by atoms with E-state index in [2.05, 4.69) is 5.32 Å². The molecule has 3 fully saturated rings. The van der Waals surface area contributed by atoms with E-state index in [4.69, 9.17) is 9.47 Å². The van der Waals surface area contributed by atoms with Crippen LogP contribution in [0.1, 0.15) is 12.0 Å². The molecule has 8 heteroatoms. The van der Waals surface area contributed by atoms with E-state index in [1.807, 2.05) is 30.3 Å². The maximum atomic E-state index is 13.3. The zero-order chi connectivity index (χ0) is 19.5.